The number of nitrogens with zero attached hydrogens (tertiary/aromatic N) is 2. The molecule has 2 aliphatic heterocycles. The first-order valence-electron chi connectivity index (χ1n) is 9.54. The minimum Gasteiger partial charge on any atom is -0.333 e. The fraction of sp³-hybridized carbons (Fsp3) is 0.684. The van der Waals surface area contributed by atoms with E-state index in [1.165, 1.54) is 5.56 Å². The number of hydrogen-bond acceptors (Lipinski definition) is 5. The third kappa shape index (κ3) is 3.41. The summed E-state index contributed by atoms with van der Waals surface area (Å²) < 4.78 is 0. The first-order valence-corrected chi connectivity index (χ1v) is 11.6. The predicted octanol–water partition coefficient (Wildman–Crippen LogP) is 2.53. The number of hydrogen-bond donors (Lipinski definition) is 1. The van der Waals surface area contributed by atoms with E-state index in [0.29, 0.717) is 30.3 Å². The van der Waals surface area contributed by atoms with Gasteiger partial charge in [0.15, 0.2) is 0 Å². The van der Waals surface area contributed by atoms with Crippen molar-refractivity contribution in [2.75, 3.05) is 24.7 Å². The Kier molecular flexibility index (Phi) is 5.30. The summed E-state index contributed by atoms with van der Waals surface area (Å²) in [6.45, 7) is 4.66. The van der Waals surface area contributed by atoms with E-state index in [1.54, 1.807) is 28.0 Å². The molecule has 0 radical (unpaired) electrons. The Labute approximate surface area is 163 Å². The highest BCUT2D eigenvalue weighted by Crippen LogP contribution is 2.56. The first kappa shape index (κ1) is 18.3. The Morgan fingerprint density at radius 2 is 2.19 bits per heavy atom. The molecule has 2 atom stereocenters. The van der Waals surface area contributed by atoms with Crippen molar-refractivity contribution >= 4 is 34.9 Å². The number of thioether (sulfide) groups is 1. The number of carbonyl (C=O) groups is 2. The molecule has 1 aromatic heterocycles. The maximum absolute atomic E-state index is 13.5. The van der Waals surface area contributed by atoms with Crippen molar-refractivity contribution in [2.24, 2.45) is 5.41 Å². The third-order valence-corrected chi connectivity index (χ3v) is 7.87. The molecular formula is C19H27N3O2S2. The van der Waals surface area contributed by atoms with Gasteiger partial charge in [0.05, 0.1) is 5.88 Å². The Bertz CT molecular complexity index is 658. The van der Waals surface area contributed by atoms with Gasteiger partial charge in [-0.1, -0.05) is 6.92 Å². The van der Waals surface area contributed by atoms with Gasteiger partial charge < -0.3 is 15.1 Å². The topological polar surface area (TPSA) is 52.7 Å². The summed E-state index contributed by atoms with van der Waals surface area (Å²) >= 11 is 3.37. The molecule has 7 heteroatoms. The van der Waals surface area contributed by atoms with E-state index >= 15 is 0 Å². The molecule has 3 heterocycles. The van der Waals surface area contributed by atoms with Gasteiger partial charge in [-0.2, -0.15) is 11.3 Å². The largest absolute Gasteiger partial charge is 0.333 e. The molecule has 1 aliphatic carbocycles. The van der Waals surface area contributed by atoms with Crippen molar-refractivity contribution in [3.63, 3.8) is 0 Å². The molecule has 1 saturated carbocycles. The Hall–Kier alpha value is -1.05. The van der Waals surface area contributed by atoms with Gasteiger partial charge in [-0.05, 0) is 60.2 Å². The number of rotatable bonds is 5. The Morgan fingerprint density at radius 3 is 2.88 bits per heavy atom. The van der Waals surface area contributed by atoms with Crippen LogP contribution < -0.4 is 5.32 Å². The summed E-state index contributed by atoms with van der Waals surface area (Å²) in [4.78, 5) is 29.7. The van der Waals surface area contributed by atoms with Crippen molar-refractivity contribution in [3.05, 3.63) is 22.4 Å². The highest BCUT2D eigenvalue weighted by Gasteiger charge is 2.58. The molecule has 5 nitrogen and oxygen atoms in total. The van der Waals surface area contributed by atoms with Gasteiger partial charge in [0.2, 0.25) is 11.8 Å². The summed E-state index contributed by atoms with van der Waals surface area (Å²) in [5.41, 5.74) is 1.51. The van der Waals surface area contributed by atoms with Crippen molar-refractivity contribution in [1.29, 1.82) is 0 Å². The highest BCUT2D eigenvalue weighted by atomic mass is 32.2. The second kappa shape index (κ2) is 7.52. The fourth-order valence-corrected chi connectivity index (χ4v) is 6.27. The SMILES string of the molecule is CCC(=O)N1CSCC1C(=O)N(Cc1ccsc1)C1CC12CCNCC2. The second-order valence-electron chi connectivity index (χ2n) is 7.66. The molecule has 2 saturated heterocycles. The van der Waals surface area contributed by atoms with Gasteiger partial charge in [-0.25, -0.2) is 0 Å². The molecule has 2 unspecified atom stereocenters. The molecule has 3 aliphatic rings. The zero-order valence-electron chi connectivity index (χ0n) is 15.3. The molecule has 0 bridgehead atoms. The van der Waals surface area contributed by atoms with E-state index in [4.69, 9.17) is 0 Å². The van der Waals surface area contributed by atoms with E-state index in [-0.39, 0.29) is 17.9 Å². The van der Waals surface area contributed by atoms with E-state index in [9.17, 15) is 9.59 Å². The van der Waals surface area contributed by atoms with Gasteiger partial charge in [0.1, 0.15) is 6.04 Å². The van der Waals surface area contributed by atoms with Crippen LogP contribution >= 0.6 is 23.1 Å². The quantitative estimate of drug-likeness (QED) is 0.835. The van der Waals surface area contributed by atoms with Gasteiger partial charge in [0, 0.05) is 24.8 Å². The summed E-state index contributed by atoms with van der Waals surface area (Å²) in [5.74, 6) is 1.63. The minimum atomic E-state index is -0.287. The van der Waals surface area contributed by atoms with Gasteiger partial charge >= 0.3 is 0 Å². The second-order valence-corrected chi connectivity index (χ2v) is 9.44. The first-order chi connectivity index (χ1) is 12.6. The van der Waals surface area contributed by atoms with Crippen LogP contribution in [0.15, 0.2) is 16.8 Å². The van der Waals surface area contributed by atoms with Gasteiger partial charge in [0.25, 0.3) is 0 Å². The molecule has 0 aromatic carbocycles. The van der Waals surface area contributed by atoms with E-state index in [0.717, 1.165) is 38.1 Å². The van der Waals surface area contributed by atoms with Crippen LogP contribution in [0.5, 0.6) is 0 Å². The van der Waals surface area contributed by atoms with E-state index < -0.39 is 0 Å². The highest BCUT2D eigenvalue weighted by molar-refractivity contribution is 7.99. The Balaban J connectivity index is 1.54. The molecule has 142 valence electrons. The lowest BCUT2D eigenvalue weighted by atomic mass is 9.93. The molecular weight excluding hydrogens is 366 g/mol. The van der Waals surface area contributed by atoms with Crippen LogP contribution in [0.4, 0.5) is 0 Å². The molecule has 1 spiro atoms. The van der Waals surface area contributed by atoms with Crippen LogP contribution in [0.3, 0.4) is 0 Å². The lowest BCUT2D eigenvalue weighted by Crippen LogP contribution is -2.50. The summed E-state index contributed by atoms with van der Waals surface area (Å²) in [6.07, 6.45) is 3.89. The zero-order chi connectivity index (χ0) is 18.1. The van der Waals surface area contributed by atoms with Crippen LogP contribution in [-0.2, 0) is 16.1 Å². The van der Waals surface area contributed by atoms with Crippen LogP contribution in [0.25, 0.3) is 0 Å². The average Bonchev–Trinajstić information content (AvgIpc) is 3.08. The van der Waals surface area contributed by atoms with Crippen molar-refractivity contribution in [3.8, 4) is 0 Å². The number of amides is 2. The normalized spacial score (nSPS) is 26.9. The predicted molar refractivity (Wildman–Crippen MR) is 106 cm³/mol. The van der Waals surface area contributed by atoms with Gasteiger partial charge in [-0.3, -0.25) is 9.59 Å². The lowest BCUT2D eigenvalue weighted by Gasteiger charge is -2.33. The van der Waals surface area contributed by atoms with Crippen LogP contribution in [0.1, 0.15) is 38.2 Å². The third-order valence-electron chi connectivity index (χ3n) is 6.13. The minimum absolute atomic E-state index is 0.0937. The number of piperidine rings is 1. The van der Waals surface area contributed by atoms with E-state index in [1.807, 2.05) is 6.92 Å². The van der Waals surface area contributed by atoms with Crippen LogP contribution in [-0.4, -0.2) is 58.4 Å². The lowest BCUT2D eigenvalue weighted by molar-refractivity contribution is -0.144. The average molecular weight is 394 g/mol. The van der Waals surface area contributed by atoms with Crippen molar-refractivity contribution in [1.82, 2.24) is 15.1 Å². The zero-order valence-corrected chi connectivity index (χ0v) is 16.9. The molecule has 1 aromatic rings. The summed E-state index contributed by atoms with van der Waals surface area (Å²) in [6, 6.07) is 2.16. The van der Waals surface area contributed by atoms with Gasteiger partial charge in [-0.15, -0.1) is 11.8 Å². The van der Waals surface area contributed by atoms with Crippen molar-refractivity contribution < 1.29 is 9.59 Å². The summed E-state index contributed by atoms with van der Waals surface area (Å²) in [7, 11) is 0. The van der Waals surface area contributed by atoms with Crippen molar-refractivity contribution in [2.45, 2.75) is 51.2 Å². The molecule has 4 rings (SSSR count). The smallest absolute Gasteiger partial charge is 0.246 e. The molecule has 1 N–H and O–H groups in total. The number of nitrogens with one attached hydrogen (secondary N) is 1. The molecule has 26 heavy (non-hydrogen) atoms. The molecule has 3 fully saturated rings. The maximum Gasteiger partial charge on any atom is 0.246 e. The van der Waals surface area contributed by atoms with Crippen LogP contribution in [0, 0.1) is 5.41 Å². The maximum atomic E-state index is 13.5. The monoisotopic (exact) mass is 393 g/mol. The number of carbonyl (C=O) groups excluding carboxylic acids is 2. The number of thiophene rings is 1. The van der Waals surface area contributed by atoms with E-state index in [2.05, 4.69) is 27.0 Å². The summed E-state index contributed by atoms with van der Waals surface area (Å²) in [5, 5.41) is 7.65. The Morgan fingerprint density at radius 1 is 1.38 bits per heavy atom. The standard InChI is InChI=1S/C19H27N3O2S2/c1-2-17(23)22-13-26-12-15(22)18(24)21(10-14-3-8-25-11-14)16-9-19(16)4-6-20-7-5-19/h3,8,11,15-16,20H,2,4-7,9-10,12-13H2,1H3. The fourth-order valence-electron chi connectivity index (χ4n) is 4.44. The molecule has 2 amide bonds. The van der Waals surface area contributed by atoms with Crippen LogP contribution in [0.2, 0.25) is 0 Å².